The smallest absolute Gasteiger partial charge is 0.0512 e. The van der Waals surface area contributed by atoms with E-state index >= 15 is 0 Å². The second kappa shape index (κ2) is 5.35. The highest BCUT2D eigenvalue weighted by Gasteiger charge is 2.11. The monoisotopic (exact) mass is 213 g/mol. The van der Waals surface area contributed by atoms with Gasteiger partial charge in [0, 0.05) is 17.5 Å². The van der Waals surface area contributed by atoms with Gasteiger partial charge in [-0.15, -0.1) is 0 Å². The highest BCUT2D eigenvalue weighted by Crippen LogP contribution is 2.19. The zero-order valence-electron chi connectivity index (χ0n) is 8.57. The lowest BCUT2D eigenvalue weighted by Gasteiger charge is -2.19. The Balaban J connectivity index is 2.78. The Morgan fingerprint density at radius 1 is 1.43 bits per heavy atom. The minimum absolute atomic E-state index is 0.142. The molecule has 1 aromatic carbocycles. The van der Waals surface area contributed by atoms with Crippen molar-refractivity contribution in [2.45, 2.75) is 5.92 Å². The van der Waals surface area contributed by atoms with E-state index in [1.807, 2.05) is 38.4 Å². The molecule has 1 aromatic rings. The van der Waals surface area contributed by atoms with Gasteiger partial charge in [-0.05, 0) is 31.8 Å². The molecule has 0 aliphatic carbocycles. The molecule has 0 saturated carbocycles. The molecule has 0 spiro atoms. The quantitative estimate of drug-likeness (QED) is 0.827. The van der Waals surface area contributed by atoms with Crippen LogP contribution in [-0.4, -0.2) is 37.3 Å². The van der Waals surface area contributed by atoms with Crippen molar-refractivity contribution in [1.82, 2.24) is 4.90 Å². The van der Waals surface area contributed by atoms with E-state index in [0.717, 1.165) is 17.1 Å². The van der Waals surface area contributed by atoms with E-state index in [4.69, 9.17) is 11.6 Å². The molecule has 0 fully saturated rings. The lowest BCUT2D eigenvalue weighted by molar-refractivity contribution is 0.235. The number of nitrogens with zero attached hydrogens (tertiary/aromatic N) is 1. The number of benzene rings is 1. The third kappa shape index (κ3) is 3.29. The Hall–Kier alpha value is -0.570. The lowest BCUT2D eigenvalue weighted by Crippen LogP contribution is -2.22. The van der Waals surface area contributed by atoms with Crippen LogP contribution in [0.3, 0.4) is 0 Å². The zero-order chi connectivity index (χ0) is 10.6. The Kier molecular flexibility index (Phi) is 4.39. The molecule has 0 aliphatic heterocycles. The molecule has 78 valence electrons. The molecular weight excluding hydrogens is 198 g/mol. The largest absolute Gasteiger partial charge is 0.396 e. The molecular formula is C11H16ClNO. The van der Waals surface area contributed by atoms with Crippen molar-refractivity contribution in [2.75, 3.05) is 27.2 Å². The van der Waals surface area contributed by atoms with Gasteiger partial charge in [-0.2, -0.15) is 0 Å². The SMILES string of the molecule is CN(C)CC(CO)c1cccc(Cl)c1. The Labute approximate surface area is 90.1 Å². The van der Waals surface area contributed by atoms with Gasteiger partial charge >= 0.3 is 0 Å². The molecule has 0 aliphatic rings. The normalized spacial score (nSPS) is 13.2. The number of hydrogen-bond acceptors (Lipinski definition) is 2. The number of likely N-dealkylation sites (N-methyl/N-ethyl adjacent to an activating group) is 1. The Morgan fingerprint density at radius 2 is 2.14 bits per heavy atom. The van der Waals surface area contributed by atoms with Crippen LogP contribution in [0, 0.1) is 0 Å². The average Bonchev–Trinajstić information content (AvgIpc) is 2.14. The minimum Gasteiger partial charge on any atom is -0.396 e. The summed E-state index contributed by atoms with van der Waals surface area (Å²) in [4.78, 5) is 2.06. The van der Waals surface area contributed by atoms with Crippen LogP contribution in [-0.2, 0) is 0 Å². The summed E-state index contributed by atoms with van der Waals surface area (Å²) in [7, 11) is 3.99. The Bertz CT molecular complexity index is 288. The van der Waals surface area contributed by atoms with Gasteiger partial charge < -0.3 is 10.0 Å². The van der Waals surface area contributed by atoms with Gasteiger partial charge in [0.05, 0.1) is 6.61 Å². The van der Waals surface area contributed by atoms with E-state index in [1.165, 1.54) is 0 Å². The van der Waals surface area contributed by atoms with Crippen molar-refractivity contribution in [2.24, 2.45) is 0 Å². The molecule has 0 radical (unpaired) electrons. The molecule has 0 aromatic heterocycles. The van der Waals surface area contributed by atoms with Crippen molar-refractivity contribution in [1.29, 1.82) is 0 Å². The summed E-state index contributed by atoms with van der Waals surface area (Å²) in [6.45, 7) is 0.982. The van der Waals surface area contributed by atoms with Crippen LogP contribution in [0.15, 0.2) is 24.3 Å². The van der Waals surface area contributed by atoms with Gasteiger partial charge in [0.15, 0.2) is 0 Å². The highest BCUT2D eigenvalue weighted by atomic mass is 35.5. The highest BCUT2D eigenvalue weighted by molar-refractivity contribution is 6.30. The molecule has 1 unspecified atom stereocenters. The number of aliphatic hydroxyl groups excluding tert-OH is 1. The van der Waals surface area contributed by atoms with Gasteiger partial charge in [0.2, 0.25) is 0 Å². The predicted molar refractivity (Wildman–Crippen MR) is 59.8 cm³/mol. The van der Waals surface area contributed by atoms with E-state index in [-0.39, 0.29) is 12.5 Å². The molecule has 2 nitrogen and oxygen atoms in total. The van der Waals surface area contributed by atoms with Crippen LogP contribution in [0.1, 0.15) is 11.5 Å². The first-order valence-corrected chi connectivity index (χ1v) is 5.02. The van der Waals surface area contributed by atoms with E-state index in [0.29, 0.717) is 0 Å². The van der Waals surface area contributed by atoms with Gasteiger partial charge in [0.25, 0.3) is 0 Å². The van der Waals surface area contributed by atoms with Crippen molar-refractivity contribution in [3.05, 3.63) is 34.9 Å². The standard InChI is InChI=1S/C11H16ClNO/c1-13(2)7-10(8-14)9-4-3-5-11(12)6-9/h3-6,10,14H,7-8H2,1-2H3. The van der Waals surface area contributed by atoms with Crippen molar-refractivity contribution >= 4 is 11.6 Å². The maximum atomic E-state index is 9.25. The molecule has 3 heteroatoms. The maximum absolute atomic E-state index is 9.25. The number of hydrogen-bond donors (Lipinski definition) is 1. The molecule has 0 bridgehead atoms. The first-order valence-electron chi connectivity index (χ1n) is 4.64. The summed E-state index contributed by atoms with van der Waals surface area (Å²) in [6, 6.07) is 7.66. The summed E-state index contributed by atoms with van der Waals surface area (Å²) in [5.74, 6) is 0.142. The fourth-order valence-electron chi connectivity index (χ4n) is 1.47. The first kappa shape index (κ1) is 11.5. The van der Waals surface area contributed by atoms with Gasteiger partial charge in [-0.25, -0.2) is 0 Å². The molecule has 0 amide bonds. The van der Waals surface area contributed by atoms with Crippen LogP contribution in [0.2, 0.25) is 5.02 Å². The lowest BCUT2D eigenvalue weighted by atomic mass is 10.00. The second-order valence-corrected chi connectivity index (χ2v) is 4.13. The van der Waals surface area contributed by atoms with Crippen LogP contribution in [0.4, 0.5) is 0 Å². The van der Waals surface area contributed by atoms with Gasteiger partial charge in [-0.3, -0.25) is 0 Å². The second-order valence-electron chi connectivity index (χ2n) is 3.70. The van der Waals surface area contributed by atoms with Crippen LogP contribution < -0.4 is 0 Å². The van der Waals surface area contributed by atoms with Crippen LogP contribution in [0.5, 0.6) is 0 Å². The van der Waals surface area contributed by atoms with Crippen molar-refractivity contribution in [3.63, 3.8) is 0 Å². The number of rotatable bonds is 4. The summed E-state index contributed by atoms with van der Waals surface area (Å²) in [6.07, 6.45) is 0. The van der Waals surface area contributed by atoms with Crippen molar-refractivity contribution < 1.29 is 5.11 Å². The van der Waals surface area contributed by atoms with E-state index in [2.05, 4.69) is 4.90 Å². The van der Waals surface area contributed by atoms with Crippen molar-refractivity contribution in [3.8, 4) is 0 Å². The molecule has 1 N–H and O–H groups in total. The maximum Gasteiger partial charge on any atom is 0.0512 e. The minimum atomic E-state index is 0.142. The van der Waals surface area contributed by atoms with E-state index < -0.39 is 0 Å². The Morgan fingerprint density at radius 3 is 2.64 bits per heavy atom. The first-order chi connectivity index (χ1) is 6.63. The molecule has 1 atom stereocenters. The van der Waals surface area contributed by atoms with E-state index in [1.54, 1.807) is 0 Å². The van der Waals surface area contributed by atoms with Gasteiger partial charge in [0.1, 0.15) is 0 Å². The molecule has 0 heterocycles. The molecule has 14 heavy (non-hydrogen) atoms. The fourth-order valence-corrected chi connectivity index (χ4v) is 1.67. The average molecular weight is 214 g/mol. The molecule has 0 saturated heterocycles. The van der Waals surface area contributed by atoms with Crippen LogP contribution in [0.25, 0.3) is 0 Å². The third-order valence-electron chi connectivity index (χ3n) is 2.13. The molecule has 1 rings (SSSR count). The summed E-state index contributed by atoms with van der Waals surface area (Å²) in [5.41, 5.74) is 1.09. The zero-order valence-corrected chi connectivity index (χ0v) is 9.33. The summed E-state index contributed by atoms with van der Waals surface area (Å²) in [5, 5.41) is 9.97. The summed E-state index contributed by atoms with van der Waals surface area (Å²) >= 11 is 5.89. The topological polar surface area (TPSA) is 23.5 Å². The van der Waals surface area contributed by atoms with E-state index in [9.17, 15) is 5.11 Å². The predicted octanol–water partition coefficient (Wildman–Crippen LogP) is 1.98. The third-order valence-corrected chi connectivity index (χ3v) is 2.36. The number of aliphatic hydroxyl groups is 1. The van der Waals surface area contributed by atoms with Gasteiger partial charge in [-0.1, -0.05) is 23.7 Å². The fraction of sp³-hybridized carbons (Fsp3) is 0.455. The number of halogens is 1. The van der Waals surface area contributed by atoms with Crippen LogP contribution >= 0.6 is 11.6 Å². The summed E-state index contributed by atoms with van der Waals surface area (Å²) < 4.78 is 0.